The van der Waals surface area contributed by atoms with Gasteiger partial charge in [-0.1, -0.05) is 67.8 Å². The van der Waals surface area contributed by atoms with Crippen LogP contribution in [0.15, 0.2) is 54.6 Å². The van der Waals surface area contributed by atoms with Gasteiger partial charge in [-0.3, -0.25) is 9.69 Å². The van der Waals surface area contributed by atoms with Gasteiger partial charge in [0.1, 0.15) is 0 Å². The number of carbonyl (C=O) groups excluding carboxylic acids is 1. The molecule has 0 aliphatic heterocycles. The SMILES string of the molecule is CN(Cc1ccccc1NCC(=O)NCc1ccccc1)C1CCCCC1. The highest BCUT2D eigenvalue weighted by molar-refractivity contribution is 5.80. The Balaban J connectivity index is 1.50. The van der Waals surface area contributed by atoms with E-state index >= 15 is 0 Å². The molecule has 1 saturated carbocycles. The molecule has 27 heavy (non-hydrogen) atoms. The smallest absolute Gasteiger partial charge is 0.239 e. The first-order valence-electron chi connectivity index (χ1n) is 10.0. The number of benzene rings is 2. The molecule has 0 heterocycles. The number of amides is 1. The molecule has 0 spiro atoms. The van der Waals surface area contributed by atoms with E-state index in [1.54, 1.807) is 0 Å². The molecule has 4 nitrogen and oxygen atoms in total. The minimum atomic E-state index is 0.00860. The first kappa shape index (κ1) is 19.4. The van der Waals surface area contributed by atoms with Gasteiger partial charge >= 0.3 is 0 Å². The number of nitrogens with zero attached hydrogens (tertiary/aromatic N) is 1. The summed E-state index contributed by atoms with van der Waals surface area (Å²) in [5.74, 6) is 0.00860. The van der Waals surface area contributed by atoms with E-state index < -0.39 is 0 Å². The summed E-state index contributed by atoms with van der Waals surface area (Å²) >= 11 is 0. The van der Waals surface area contributed by atoms with Gasteiger partial charge < -0.3 is 10.6 Å². The van der Waals surface area contributed by atoms with Gasteiger partial charge in [-0.05, 0) is 37.1 Å². The third-order valence-electron chi connectivity index (χ3n) is 5.41. The predicted molar refractivity (Wildman–Crippen MR) is 112 cm³/mol. The van der Waals surface area contributed by atoms with Crippen molar-refractivity contribution in [1.82, 2.24) is 10.2 Å². The summed E-state index contributed by atoms with van der Waals surface area (Å²) in [7, 11) is 2.22. The normalized spacial score (nSPS) is 14.9. The molecule has 1 fully saturated rings. The number of carbonyl (C=O) groups is 1. The highest BCUT2D eigenvalue weighted by atomic mass is 16.1. The third-order valence-corrected chi connectivity index (χ3v) is 5.41. The Labute approximate surface area is 163 Å². The number of rotatable bonds is 8. The number of hydrogen-bond acceptors (Lipinski definition) is 3. The lowest BCUT2D eigenvalue weighted by Crippen LogP contribution is -2.33. The monoisotopic (exact) mass is 365 g/mol. The number of nitrogens with one attached hydrogen (secondary N) is 2. The van der Waals surface area contributed by atoms with Gasteiger partial charge in [0, 0.05) is 24.8 Å². The Morgan fingerprint density at radius 2 is 1.70 bits per heavy atom. The van der Waals surface area contributed by atoms with Gasteiger partial charge in [0.15, 0.2) is 0 Å². The van der Waals surface area contributed by atoms with E-state index in [2.05, 4.69) is 40.8 Å². The van der Waals surface area contributed by atoms with E-state index in [0.29, 0.717) is 12.6 Å². The zero-order chi connectivity index (χ0) is 18.9. The molecule has 2 N–H and O–H groups in total. The van der Waals surface area contributed by atoms with Crippen molar-refractivity contribution >= 4 is 11.6 Å². The summed E-state index contributed by atoms with van der Waals surface area (Å²) in [6.45, 7) is 1.77. The van der Waals surface area contributed by atoms with Crippen molar-refractivity contribution in [3.8, 4) is 0 Å². The van der Waals surface area contributed by atoms with Crippen molar-refractivity contribution in [1.29, 1.82) is 0 Å². The van der Waals surface area contributed by atoms with Crippen LogP contribution in [0.25, 0.3) is 0 Å². The average Bonchev–Trinajstić information content (AvgIpc) is 2.73. The minimum Gasteiger partial charge on any atom is -0.376 e. The lowest BCUT2D eigenvalue weighted by Gasteiger charge is -2.31. The second kappa shape index (κ2) is 10.1. The zero-order valence-electron chi connectivity index (χ0n) is 16.3. The molecule has 0 unspecified atom stereocenters. The summed E-state index contributed by atoms with van der Waals surface area (Å²) in [6, 6.07) is 19.0. The lowest BCUT2D eigenvalue weighted by molar-refractivity contribution is -0.119. The van der Waals surface area contributed by atoms with Gasteiger partial charge in [-0.15, -0.1) is 0 Å². The topological polar surface area (TPSA) is 44.4 Å². The molecular weight excluding hydrogens is 334 g/mol. The van der Waals surface area contributed by atoms with E-state index in [1.807, 2.05) is 36.4 Å². The first-order chi connectivity index (χ1) is 13.2. The van der Waals surface area contributed by atoms with Crippen molar-refractivity contribution in [2.45, 2.75) is 51.2 Å². The van der Waals surface area contributed by atoms with Crippen molar-refractivity contribution < 1.29 is 4.79 Å². The maximum absolute atomic E-state index is 12.2. The molecule has 4 heteroatoms. The Hall–Kier alpha value is -2.33. The Morgan fingerprint density at radius 3 is 2.48 bits per heavy atom. The van der Waals surface area contributed by atoms with Crippen molar-refractivity contribution in [2.24, 2.45) is 0 Å². The summed E-state index contributed by atoms with van der Waals surface area (Å²) < 4.78 is 0. The standard InChI is InChI=1S/C23H31N3O/c1-26(21-13-6-3-7-14-21)18-20-12-8-9-15-22(20)24-17-23(27)25-16-19-10-4-2-5-11-19/h2,4-5,8-12,15,21,24H,3,6-7,13-14,16-18H2,1H3,(H,25,27). The van der Waals surface area contributed by atoms with Crippen LogP contribution in [0.2, 0.25) is 0 Å². The largest absolute Gasteiger partial charge is 0.376 e. The Morgan fingerprint density at radius 1 is 1.00 bits per heavy atom. The van der Waals surface area contributed by atoms with Gasteiger partial charge in [-0.2, -0.15) is 0 Å². The van der Waals surface area contributed by atoms with Crippen LogP contribution >= 0.6 is 0 Å². The van der Waals surface area contributed by atoms with Crippen LogP contribution in [0.4, 0.5) is 5.69 Å². The Kier molecular flexibility index (Phi) is 7.28. The maximum atomic E-state index is 12.2. The summed E-state index contributed by atoms with van der Waals surface area (Å²) in [6.07, 6.45) is 6.66. The van der Waals surface area contributed by atoms with Crippen LogP contribution in [0.1, 0.15) is 43.2 Å². The average molecular weight is 366 g/mol. The molecule has 2 aromatic carbocycles. The number of anilines is 1. The summed E-state index contributed by atoms with van der Waals surface area (Å²) in [4.78, 5) is 14.7. The molecule has 1 amide bonds. The first-order valence-corrected chi connectivity index (χ1v) is 10.0. The van der Waals surface area contributed by atoms with E-state index in [-0.39, 0.29) is 12.5 Å². The van der Waals surface area contributed by atoms with E-state index in [9.17, 15) is 4.79 Å². The van der Waals surface area contributed by atoms with Crippen LogP contribution in [0, 0.1) is 0 Å². The van der Waals surface area contributed by atoms with Crippen molar-refractivity contribution in [3.05, 3.63) is 65.7 Å². The van der Waals surface area contributed by atoms with Gasteiger partial charge in [0.2, 0.25) is 5.91 Å². The maximum Gasteiger partial charge on any atom is 0.239 e. The molecule has 2 aromatic rings. The third kappa shape index (κ3) is 6.10. The molecule has 144 valence electrons. The second-order valence-corrected chi connectivity index (χ2v) is 7.48. The Bertz CT molecular complexity index is 711. The highest BCUT2D eigenvalue weighted by Crippen LogP contribution is 2.24. The quantitative estimate of drug-likeness (QED) is 0.738. The fourth-order valence-electron chi connectivity index (χ4n) is 3.78. The molecule has 0 radical (unpaired) electrons. The lowest BCUT2D eigenvalue weighted by atomic mass is 9.94. The van der Waals surface area contributed by atoms with Gasteiger partial charge in [0.05, 0.1) is 6.54 Å². The second-order valence-electron chi connectivity index (χ2n) is 7.48. The molecule has 0 bridgehead atoms. The molecule has 0 aromatic heterocycles. The van der Waals surface area contributed by atoms with Gasteiger partial charge in [0.25, 0.3) is 0 Å². The van der Waals surface area contributed by atoms with Crippen LogP contribution in [0.3, 0.4) is 0 Å². The van der Waals surface area contributed by atoms with E-state index in [0.717, 1.165) is 17.8 Å². The van der Waals surface area contributed by atoms with Gasteiger partial charge in [-0.25, -0.2) is 0 Å². The molecule has 1 aliphatic rings. The molecule has 1 aliphatic carbocycles. The number of para-hydroxylation sites is 1. The molecule has 3 rings (SSSR count). The van der Waals surface area contributed by atoms with Crippen LogP contribution < -0.4 is 10.6 Å². The van der Waals surface area contributed by atoms with Crippen LogP contribution in [-0.2, 0) is 17.9 Å². The van der Waals surface area contributed by atoms with Crippen molar-refractivity contribution in [3.63, 3.8) is 0 Å². The predicted octanol–water partition coefficient (Wildman–Crippen LogP) is 4.18. The van der Waals surface area contributed by atoms with E-state index in [4.69, 9.17) is 0 Å². The number of hydrogen-bond donors (Lipinski definition) is 2. The summed E-state index contributed by atoms with van der Waals surface area (Å²) in [5, 5.41) is 6.29. The zero-order valence-corrected chi connectivity index (χ0v) is 16.3. The molecule has 0 saturated heterocycles. The summed E-state index contributed by atoms with van der Waals surface area (Å²) in [5.41, 5.74) is 3.41. The fourth-order valence-corrected chi connectivity index (χ4v) is 3.78. The molecule has 0 atom stereocenters. The van der Waals surface area contributed by atoms with Crippen LogP contribution in [-0.4, -0.2) is 30.4 Å². The van der Waals surface area contributed by atoms with Crippen LogP contribution in [0.5, 0.6) is 0 Å². The highest BCUT2D eigenvalue weighted by Gasteiger charge is 2.18. The van der Waals surface area contributed by atoms with Crippen molar-refractivity contribution in [2.75, 3.05) is 18.9 Å². The minimum absolute atomic E-state index is 0.00860. The van der Waals surface area contributed by atoms with E-state index in [1.165, 1.54) is 37.7 Å². The fraction of sp³-hybridized carbons (Fsp3) is 0.435. The molecular formula is C23H31N3O.